The van der Waals surface area contributed by atoms with Gasteiger partial charge in [0.1, 0.15) is 12.3 Å². The van der Waals surface area contributed by atoms with Crippen LogP contribution >= 0.6 is 11.6 Å². The van der Waals surface area contributed by atoms with E-state index in [0.717, 1.165) is 16.7 Å². The van der Waals surface area contributed by atoms with E-state index < -0.39 is 5.97 Å². The van der Waals surface area contributed by atoms with Crippen LogP contribution in [0.3, 0.4) is 0 Å². The third-order valence-electron chi connectivity index (χ3n) is 4.63. The molecular formula is C25H20ClNO4. The van der Waals surface area contributed by atoms with Crippen molar-refractivity contribution in [2.24, 2.45) is 5.16 Å². The lowest BCUT2D eigenvalue weighted by atomic mass is 10.0. The molecule has 0 radical (unpaired) electrons. The summed E-state index contributed by atoms with van der Waals surface area (Å²) >= 11 is 5.96. The average Bonchev–Trinajstić information content (AvgIpc) is 3.15. The first kappa shape index (κ1) is 20.7. The summed E-state index contributed by atoms with van der Waals surface area (Å²) in [4.78, 5) is 17.2. The molecule has 3 aromatic carbocycles. The van der Waals surface area contributed by atoms with Crippen LogP contribution < -0.4 is 9.47 Å². The molecule has 6 heteroatoms. The minimum atomic E-state index is -0.507. The molecule has 0 N–H and O–H groups in total. The molecule has 1 aliphatic heterocycles. The summed E-state index contributed by atoms with van der Waals surface area (Å²) in [6.45, 7) is 2.83. The highest BCUT2D eigenvalue weighted by molar-refractivity contribution is 6.32. The van der Waals surface area contributed by atoms with Crippen molar-refractivity contribution in [1.82, 2.24) is 0 Å². The molecule has 0 saturated carbocycles. The molecule has 3 aromatic rings. The van der Waals surface area contributed by atoms with Gasteiger partial charge >= 0.3 is 5.97 Å². The second kappa shape index (κ2) is 9.49. The Hall–Kier alpha value is -3.57. The van der Waals surface area contributed by atoms with Crippen LogP contribution in [0.15, 0.2) is 83.5 Å². The molecule has 0 fully saturated rings. The van der Waals surface area contributed by atoms with E-state index in [1.807, 2.05) is 55.5 Å². The summed E-state index contributed by atoms with van der Waals surface area (Å²) in [5, 5.41) is 4.54. The molecule has 0 aliphatic carbocycles. The van der Waals surface area contributed by atoms with Gasteiger partial charge < -0.3 is 14.3 Å². The van der Waals surface area contributed by atoms with Crippen molar-refractivity contribution in [2.45, 2.75) is 13.5 Å². The zero-order valence-corrected chi connectivity index (χ0v) is 17.6. The SMILES string of the molecule is CCOc1cc(/C=C2\C(=O)ON=C2c2ccc(Cl)cc2)ccc1OCc1ccccc1. The summed E-state index contributed by atoms with van der Waals surface area (Å²) in [6, 6.07) is 22.5. The summed E-state index contributed by atoms with van der Waals surface area (Å²) < 4.78 is 11.7. The molecule has 5 nitrogen and oxygen atoms in total. The smallest absolute Gasteiger partial charge is 0.368 e. The molecule has 0 aromatic heterocycles. The fraction of sp³-hybridized carbons (Fsp3) is 0.120. The summed E-state index contributed by atoms with van der Waals surface area (Å²) in [7, 11) is 0. The zero-order valence-electron chi connectivity index (χ0n) is 16.9. The third-order valence-corrected chi connectivity index (χ3v) is 4.88. The van der Waals surface area contributed by atoms with E-state index >= 15 is 0 Å². The molecule has 0 atom stereocenters. The maximum Gasteiger partial charge on any atom is 0.368 e. The van der Waals surface area contributed by atoms with Crippen molar-refractivity contribution in [3.63, 3.8) is 0 Å². The molecule has 4 rings (SSSR count). The van der Waals surface area contributed by atoms with Gasteiger partial charge in [-0.2, -0.15) is 0 Å². The Morgan fingerprint density at radius 1 is 0.968 bits per heavy atom. The Kier molecular flexibility index (Phi) is 6.34. The molecule has 0 unspecified atom stereocenters. The Labute approximate surface area is 185 Å². The Bertz CT molecular complexity index is 1140. The lowest BCUT2D eigenvalue weighted by molar-refractivity contribution is -0.136. The van der Waals surface area contributed by atoms with E-state index in [0.29, 0.717) is 41.0 Å². The topological polar surface area (TPSA) is 57.1 Å². The van der Waals surface area contributed by atoms with Crippen molar-refractivity contribution in [2.75, 3.05) is 6.61 Å². The average molecular weight is 434 g/mol. The maximum atomic E-state index is 12.3. The molecule has 1 aliphatic rings. The van der Waals surface area contributed by atoms with Gasteiger partial charge in [0.25, 0.3) is 0 Å². The Morgan fingerprint density at radius 3 is 2.48 bits per heavy atom. The predicted molar refractivity (Wildman–Crippen MR) is 120 cm³/mol. The molecule has 0 bridgehead atoms. The van der Waals surface area contributed by atoms with Gasteiger partial charge in [-0.25, -0.2) is 4.79 Å². The number of rotatable bonds is 7. The minimum Gasteiger partial charge on any atom is -0.490 e. The van der Waals surface area contributed by atoms with Crippen LogP contribution in [0.25, 0.3) is 6.08 Å². The number of carbonyl (C=O) groups is 1. The van der Waals surface area contributed by atoms with E-state index in [2.05, 4.69) is 5.16 Å². The van der Waals surface area contributed by atoms with Gasteiger partial charge in [-0.05, 0) is 48.4 Å². The van der Waals surface area contributed by atoms with Crippen LogP contribution in [0.1, 0.15) is 23.6 Å². The highest BCUT2D eigenvalue weighted by Crippen LogP contribution is 2.31. The summed E-state index contributed by atoms with van der Waals surface area (Å²) in [5.41, 5.74) is 3.40. The molecule has 31 heavy (non-hydrogen) atoms. The van der Waals surface area contributed by atoms with Crippen LogP contribution in [0.5, 0.6) is 11.5 Å². The molecule has 1 heterocycles. The van der Waals surface area contributed by atoms with Gasteiger partial charge in [0.05, 0.1) is 12.2 Å². The first-order valence-electron chi connectivity index (χ1n) is 9.85. The van der Waals surface area contributed by atoms with Gasteiger partial charge in [-0.1, -0.05) is 65.3 Å². The van der Waals surface area contributed by atoms with Gasteiger partial charge in [-0.15, -0.1) is 0 Å². The summed E-state index contributed by atoms with van der Waals surface area (Å²) in [5.74, 6) is 0.727. The van der Waals surface area contributed by atoms with Gasteiger partial charge in [0, 0.05) is 10.6 Å². The number of benzene rings is 3. The molecular weight excluding hydrogens is 414 g/mol. The standard InChI is InChI=1S/C25H20ClNO4/c1-2-29-23-15-18(8-13-22(23)30-16-17-6-4-3-5-7-17)14-21-24(27-31-25(21)28)19-9-11-20(26)12-10-19/h3-15H,2,16H2,1H3/b21-14-. The predicted octanol–water partition coefficient (Wildman–Crippen LogP) is 5.66. The van der Waals surface area contributed by atoms with Crippen molar-refractivity contribution >= 4 is 29.4 Å². The van der Waals surface area contributed by atoms with Crippen molar-refractivity contribution in [3.8, 4) is 11.5 Å². The number of hydrogen-bond donors (Lipinski definition) is 0. The zero-order chi connectivity index (χ0) is 21.6. The van der Waals surface area contributed by atoms with Crippen LogP contribution in [0.2, 0.25) is 5.02 Å². The Balaban J connectivity index is 1.60. The largest absolute Gasteiger partial charge is 0.490 e. The number of halogens is 1. The Morgan fingerprint density at radius 2 is 1.74 bits per heavy atom. The molecule has 0 spiro atoms. The highest BCUT2D eigenvalue weighted by Gasteiger charge is 2.27. The number of nitrogens with zero attached hydrogens (tertiary/aromatic N) is 1. The third kappa shape index (κ3) is 4.95. The fourth-order valence-electron chi connectivity index (χ4n) is 3.13. The van der Waals surface area contributed by atoms with E-state index in [1.165, 1.54) is 0 Å². The van der Waals surface area contributed by atoms with Gasteiger partial charge in [0.15, 0.2) is 11.5 Å². The first-order valence-corrected chi connectivity index (χ1v) is 10.2. The minimum absolute atomic E-state index is 0.364. The molecule has 0 amide bonds. The first-order chi connectivity index (χ1) is 15.1. The lowest BCUT2D eigenvalue weighted by Gasteiger charge is -2.13. The fourth-order valence-corrected chi connectivity index (χ4v) is 3.26. The molecule has 156 valence electrons. The maximum absolute atomic E-state index is 12.3. The summed E-state index contributed by atoms with van der Waals surface area (Å²) in [6.07, 6.45) is 1.73. The second-order valence-corrected chi connectivity index (χ2v) is 7.23. The number of ether oxygens (including phenoxy) is 2. The van der Waals surface area contributed by atoms with Crippen LogP contribution in [-0.4, -0.2) is 18.3 Å². The number of carbonyl (C=O) groups excluding carboxylic acids is 1. The lowest BCUT2D eigenvalue weighted by Crippen LogP contribution is -2.07. The number of oxime groups is 1. The van der Waals surface area contributed by atoms with E-state index in [-0.39, 0.29) is 0 Å². The van der Waals surface area contributed by atoms with Crippen molar-refractivity contribution in [1.29, 1.82) is 0 Å². The van der Waals surface area contributed by atoms with E-state index in [1.54, 1.807) is 30.3 Å². The van der Waals surface area contributed by atoms with Gasteiger partial charge in [-0.3, -0.25) is 0 Å². The normalized spacial score (nSPS) is 14.3. The quantitative estimate of drug-likeness (QED) is 0.356. The van der Waals surface area contributed by atoms with Crippen molar-refractivity contribution < 1.29 is 19.1 Å². The molecule has 0 saturated heterocycles. The van der Waals surface area contributed by atoms with Crippen LogP contribution in [0, 0.1) is 0 Å². The number of hydrogen-bond acceptors (Lipinski definition) is 5. The van der Waals surface area contributed by atoms with Crippen LogP contribution in [-0.2, 0) is 16.2 Å². The van der Waals surface area contributed by atoms with E-state index in [9.17, 15) is 4.79 Å². The second-order valence-electron chi connectivity index (χ2n) is 6.80. The highest BCUT2D eigenvalue weighted by atomic mass is 35.5. The van der Waals surface area contributed by atoms with Gasteiger partial charge in [0.2, 0.25) is 0 Å². The van der Waals surface area contributed by atoms with Crippen molar-refractivity contribution in [3.05, 3.63) is 100 Å². The van der Waals surface area contributed by atoms with E-state index in [4.69, 9.17) is 25.9 Å². The van der Waals surface area contributed by atoms with Crippen LogP contribution in [0.4, 0.5) is 0 Å². The monoisotopic (exact) mass is 433 g/mol.